The summed E-state index contributed by atoms with van der Waals surface area (Å²) in [5, 5.41) is 0.748. The van der Waals surface area contributed by atoms with Crippen molar-refractivity contribution in [2.45, 2.75) is 33.1 Å². The number of rotatable bonds is 7. The Morgan fingerprint density at radius 1 is 1.29 bits per heavy atom. The van der Waals surface area contributed by atoms with E-state index in [1.165, 1.54) is 0 Å². The van der Waals surface area contributed by atoms with Crippen LogP contribution in [-0.4, -0.2) is 13.2 Å². The van der Waals surface area contributed by atoms with E-state index in [0.29, 0.717) is 12.5 Å². The van der Waals surface area contributed by atoms with Crippen molar-refractivity contribution in [3.05, 3.63) is 28.8 Å². The van der Waals surface area contributed by atoms with E-state index in [4.69, 9.17) is 22.1 Å². The largest absolute Gasteiger partial charge is 0.493 e. The van der Waals surface area contributed by atoms with Gasteiger partial charge in [0.2, 0.25) is 0 Å². The third-order valence-electron chi connectivity index (χ3n) is 3.10. The molecule has 0 saturated carbocycles. The minimum Gasteiger partial charge on any atom is -0.493 e. The molecule has 0 amide bonds. The monoisotopic (exact) mass is 255 g/mol. The SMILES string of the molecule is CCC(CC)COc1cccc(Cl)c1CCN. The number of benzene rings is 1. The lowest BCUT2D eigenvalue weighted by atomic mass is 10.1. The highest BCUT2D eigenvalue weighted by molar-refractivity contribution is 6.31. The molecule has 0 radical (unpaired) electrons. The van der Waals surface area contributed by atoms with Crippen LogP contribution < -0.4 is 10.5 Å². The summed E-state index contributed by atoms with van der Waals surface area (Å²) < 4.78 is 5.87. The van der Waals surface area contributed by atoms with E-state index in [-0.39, 0.29) is 0 Å². The summed E-state index contributed by atoms with van der Waals surface area (Å²) in [6.45, 7) is 5.72. The highest BCUT2D eigenvalue weighted by atomic mass is 35.5. The third-order valence-corrected chi connectivity index (χ3v) is 3.45. The summed E-state index contributed by atoms with van der Waals surface area (Å²) in [5.41, 5.74) is 6.62. The molecular weight excluding hydrogens is 234 g/mol. The zero-order valence-corrected chi connectivity index (χ0v) is 11.5. The van der Waals surface area contributed by atoms with Gasteiger partial charge in [0, 0.05) is 10.6 Å². The molecule has 1 aromatic rings. The zero-order valence-electron chi connectivity index (χ0n) is 10.7. The second kappa shape index (κ2) is 7.57. The van der Waals surface area contributed by atoms with Crippen molar-refractivity contribution in [2.24, 2.45) is 11.7 Å². The van der Waals surface area contributed by atoms with E-state index >= 15 is 0 Å². The van der Waals surface area contributed by atoms with Crippen LogP contribution in [0.15, 0.2) is 18.2 Å². The summed E-state index contributed by atoms with van der Waals surface area (Å²) in [6.07, 6.45) is 3.05. The maximum Gasteiger partial charge on any atom is 0.124 e. The van der Waals surface area contributed by atoms with Gasteiger partial charge in [-0.2, -0.15) is 0 Å². The second-order valence-electron chi connectivity index (χ2n) is 4.25. The molecule has 17 heavy (non-hydrogen) atoms. The Balaban J connectivity index is 2.72. The standard InChI is InChI=1S/C14H22ClNO/c1-3-11(4-2)10-17-14-7-5-6-13(15)12(14)8-9-16/h5-7,11H,3-4,8-10,16H2,1-2H3. The zero-order chi connectivity index (χ0) is 12.7. The van der Waals surface area contributed by atoms with Crippen molar-refractivity contribution >= 4 is 11.6 Å². The molecule has 1 rings (SSSR count). The van der Waals surface area contributed by atoms with Crippen LogP contribution in [-0.2, 0) is 6.42 Å². The molecule has 1 aromatic carbocycles. The highest BCUT2D eigenvalue weighted by Gasteiger charge is 2.10. The van der Waals surface area contributed by atoms with Gasteiger partial charge >= 0.3 is 0 Å². The number of nitrogens with two attached hydrogens (primary N) is 1. The molecule has 2 N–H and O–H groups in total. The van der Waals surface area contributed by atoms with Crippen molar-refractivity contribution in [2.75, 3.05) is 13.2 Å². The van der Waals surface area contributed by atoms with Crippen LogP contribution in [0.25, 0.3) is 0 Å². The van der Waals surface area contributed by atoms with Gasteiger partial charge in [-0.3, -0.25) is 0 Å². The van der Waals surface area contributed by atoms with Crippen molar-refractivity contribution in [1.29, 1.82) is 0 Å². The van der Waals surface area contributed by atoms with Crippen molar-refractivity contribution in [1.82, 2.24) is 0 Å². The lowest BCUT2D eigenvalue weighted by Gasteiger charge is -2.16. The van der Waals surface area contributed by atoms with Crippen LogP contribution in [0.1, 0.15) is 32.3 Å². The van der Waals surface area contributed by atoms with E-state index in [2.05, 4.69) is 13.8 Å². The minimum absolute atomic E-state index is 0.588. The van der Waals surface area contributed by atoms with Gasteiger partial charge in [-0.1, -0.05) is 44.4 Å². The van der Waals surface area contributed by atoms with Crippen molar-refractivity contribution < 1.29 is 4.74 Å². The lowest BCUT2D eigenvalue weighted by Crippen LogP contribution is -2.12. The first-order valence-corrected chi connectivity index (χ1v) is 6.70. The van der Waals surface area contributed by atoms with E-state index in [1.807, 2.05) is 18.2 Å². The van der Waals surface area contributed by atoms with E-state index in [9.17, 15) is 0 Å². The highest BCUT2D eigenvalue weighted by Crippen LogP contribution is 2.27. The molecule has 96 valence electrons. The first-order chi connectivity index (χ1) is 8.22. The Morgan fingerprint density at radius 3 is 2.59 bits per heavy atom. The molecular formula is C14H22ClNO. The number of halogens is 1. The molecule has 0 aliphatic carbocycles. The van der Waals surface area contributed by atoms with E-state index in [0.717, 1.165) is 42.2 Å². The molecule has 0 aliphatic rings. The van der Waals surface area contributed by atoms with Crippen molar-refractivity contribution in [3.8, 4) is 5.75 Å². The molecule has 3 heteroatoms. The van der Waals surface area contributed by atoms with Gasteiger partial charge in [0.1, 0.15) is 5.75 Å². The maximum atomic E-state index is 6.16. The Kier molecular flexibility index (Phi) is 6.38. The molecule has 0 bridgehead atoms. The van der Waals surface area contributed by atoms with Crippen LogP contribution in [0, 0.1) is 5.92 Å². The van der Waals surface area contributed by atoms with Crippen LogP contribution in [0.3, 0.4) is 0 Å². The molecule has 0 aromatic heterocycles. The normalized spacial score (nSPS) is 10.9. The molecule has 0 spiro atoms. The van der Waals surface area contributed by atoms with E-state index < -0.39 is 0 Å². The van der Waals surface area contributed by atoms with Gasteiger partial charge in [0.25, 0.3) is 0 Å². The fraction of sp³-hybridized carbons (Fsp3) is 0.571. The maximum absolute atomic E-state index is 6.16. The van der Waals surface area contributed by atoms with Gasteiger partial charge in [-0.05, 0) is 31.0 Å². The number of hydrogen-bond donors (Lipinski definition) is 1. The summed E-state index contributed by atoms with van der Waals surface area (Å²) in [6, 6.07) is 5.78. The average Bonchev–Trinajstić information content (AvgIpc) is 2.34. The number of hydrogen-bond acceptors (Lipinski definition) is 2. The summed E-state index contributed by atoms with van der Waals surface area (Å²) in [5.74, 6) is 1.49. The summed E-state index contributed by atoms with van der Waals surface area (Å²) >= 11 is 6.16. The minimum atomic E-state index is 0.588. The molecule has 0 aliphatic heterocycles. The summed E-state index contributed by atoms with van der Waals surface area (Å²) in [4.78, 5) is 0. The first-order valence-electron chi connectivity index (χ1n) is 6.33. The molecule has 0 saturated heterocycles. The van der Waals surface area contributed by atoms with Crippen LogP contribution >= 0.6 is 11.6 Å². The van der Waals surface area contributed by atoms with E-state index in [1.54, 1.807) is 0 Å². The Hall–Kier alpha value is -0.730. The molecule has 2 nitrogen and oxygen atoms in total. The average molecular weight is 256 g/mol. The van der Waals surface area contributed by atoms with Gasteiger partial charge in [0.05, 0.1) is 6.61 Å². The van der Waals surface area contributed by atoms with Crippen LogP contribution in [0.4, 0.5) is 0 Å². The molecule has 0 unspecified atom stereocenters. The first kappa shape index (κ1) is 14.3. The Bertz CT molecular complexity index is 337. The molecule has 0 atom stereocenters. The van der Waals surface area contributed by atoms with Gasteiger partial charge in [-0.25, -0.2) is 0 Å². The fourth-order valence-corrected chi connectivity index (χ4v) is 2.05. The Morgan fingerprint density at radius 2 is 2.00 bits per heavy atom. The smallest absolute Gasteiger partial charge is 0.124 e. The quantitative estimate of drug-likeness (QED) is 0.807. The number of ether oxygens (including phenoxy) is 1. The van der Waals surface area contributed by atoms with Crippen LogP contribution in [0.2, 0.25) is 5.02 Å². The fourth-order valence-electron chi connectivity index (χ4n) is 1.79. The topological polar surface area (TPSA) is 35.2 Å². The molecule has 0 fully saturated rings. The Labute approximate surface area is 109 Å². The van der Waals surface area contributed by atoms with Gasteiger partial charge < -0.3 is 10.5 Å². The predicted octanol–water partition coefficient (Wildman–Crippen LogP) is 3.66. The van der Waals surface area contributed by atoms with Gasteiger partial charge in [-0.15, -0.1) is 0 Å². The third kappa shape index (κ3) is 4.21. The second-order valence-corrected chi connectivity index (χ2v) is 4.66. The summed E-state index contributed by atoms with van der Waals surface area (Å²) in [7, 11) is 0. The lowest BCUT2D eigenvalue weighted by molar-refractivity contribution is 0.238. The van der Waals surface area contributed by atoms with Crippen molar-refractivity contribution in [3.63, 3.8) is 0 Å². The molecule has 0 heterocycles. The van der Waals surface area contributed by atoms with Crippen LogP contribution in [0.5, 0.6) is 5.75 Å². The van der Waals surface area contributed by atoms with Gasteiger partial charge in [0.15, 0.2) is 0 Å². The predicted molar refractivity (Wildman–Crippen MR) is 73.8 cm³/mol.